The molecule has 0 saturated heterocycles. The number of carbonyl (C=O) groups is 2. The summed E-state index contributed by atoms with van der Waals surface area (Å²) in [6, 6.07) is 11.3. The number of carbonyl (C=O) groups excluding carboxylic acids is 2. The Kier molecular flexibility index (Phi) is 4.07. The van der Waals surface area contributed by atoms with Gasteiger partial charge in [0.25, 0.3) is 11.8 Å². The Bertz CT molecular complexity index is 1070. The number of imidazole rings is 1. The summed E-state index contributed by atoms with van der Waals surface area (Å²) in [6.45, 7) is 2.58. The molecule has 142 valence electrons. The average Bonchev–Trinajstić information content (AvgIpc) is 3.44. The Morgan fingerprint density at radius 2 is 1.96 bits per heavy atom. The predicted octanol–water partition coefficient (Wildman–Crippen LogP) is 2.23. The molecule has 3 aromatic rings. The van der Waals surface area contributed by atoms with Crippen LogP contribution in [0.1, 0.15) is 39.6 Å². The third-order valence-corrected chi connectivity index (χ3v) is 5.35. The topological polar surface area (TPSA) is 80.1 Å². The molecule has 1 aromatic carbocycles. The zero-order valence-electron chi connectivity index (χ0n) is 15.5. The van der Waals surface area contributed by atoms with Gasteiger partial charge in [0.15, 0.2) is 5.82 Å². The van der Waals surface area contributed by atoms with Crippen LogP contribution in [0.3, 0.4) is 0 Å². The summed E-state index contributed by atoms with van der Waals surface area (Å²) in [4.78, 5) is 35.9. The lowest BCUT2D eigenvalue weighted by Crippen LogP contribution is -2.41. The van der Waals surface area contributed by atoms with Gasteiger partial charge in [-0.25, -0.2) is 9.97 Å². The van der Waals surface area contributed by atoms with Gasteiger partial charge in [-0.2, -0.15) is 0 Å². The van der Waals surface area contributed by atoms with Crippen LogP contribution in [0.15, 0.2) is 42.6 Å². The second-order valence-corrected chi connectivity index (χ2v) is 7.52. The molecule has 1 aliphatic heterocycles. The summed E-state index contributed by atoms with van der Waals surface area (Å²) in [5, 5.41) is 3.85. The number of hydrogen-bond acceptors (Lipinski definition) is 4. The summed E-state index contributed by atoms with van der Waals surface area (Å²) < 4.78 is 1.89. The third kappa shape index (κ3) is 3.24. The largest absolute Gasteiger partial charge is 0.345 e. The van der Waals surface area contributed by atoms with Gasteiger partial charge in [0.2, 0.25) is 0 Å². The monoisotopic (exact) mass is 375 g/mol. The van der Waals surface area contributed by atoms with E-state index in [9.17, 15) is 9.59 Å². The highest BCUT2D eigenvalue weighted by Gasteiger charge is 2.32. The van der Waals surface area contributed by atoms with E-state index in [2.05, 4.69) is 15.3 Å². The number of pyridine rings is 1. The summed E-state index contributed by atoms with van der Waals surface area (Å²) >= 11 is 0. The maximum Gasteiger partial charge on any atom is 0.289 e. The van der Waals surface area contributed by atoms with E-state index in [1.807, 2.05) is 46.0 Å². The Morgan fingerprint density at radius 1 is 1.11 bits per heavy atom. The molecule has 7 heteroatoms. The van der Waals surface area contributed by atoms with Crippen LogP contribution >= 0.6 is 0 Å². The summed E-state index contributed by atoms with van der Waals surface area (Å²) in [5.74, 6) is 0.879. The smallest absolute Gasteiger partial charge is 0.289 e. The van der Waals surface area contributed by atoms with Crippen LogP contribution in [-0.4, -0.2) is 44.3 Å². The molecule has 7 nitrogen and oxygen atoms in total. The van der Waals surface area contributed by atoms with Crippen molar-refractivity contribution in [1.29, 1.82) is 0 Å². The molecule has 0 unspecified atom stereocenters. The molecule has 28 heavy (non-hydrogen) atoms. The third-order valence-electron chi connectivity index (χ3n) is 5.35. The molecule has 1 aliphatic carbocycles. The standard InChI is InChI=1S/C21H21N5O2/c27-20(18-8-7-15-3-1-2-4-17(15)24-18)22-11-16-13-25-9-10-26(12-14-5-6-14)21(28)19(25)23-16/h1-4,7-8,13-14H,5-6,9-12H2,(H,22,27). The summed E-state index contributed by atoms with van der Waals surface area (Å²) in [7, 11) is 0. The van der Waals surface area contributed by atoms with Crippen molar-refractivity contribution in [2.24, 2.45) is 5.92 Å². The minimum atomic E-state index is -0.251. The normalized spacial score (nSPS) is 16.3. The average molecular weight is 375 g/mol. The first-order chi connectivity index (χ1) is 13.7. The number of hydrogen-bond donors (Lipinski definition) is 1. The van der Waals surface area contributed by atoms with Gasteiger partial charge < -0.3 is 14.8 Å². The summed E-state index contributed by atoms with van der Waals surface area (Å²) in [5.41, 5.74) is 1.84. The maximum absolute atomic E-state index is 12.6. The number of para-hydroxylation sites is 1. The van der Waals surface area contributed by atoms with Gasteiger partial charge in [-0.15, -0.1) is 0 Å². The fourth-order valence-electron chi connectivity index (χ4n) is 3.61. The molecule has 3 heterocycles. The highest BCUT2D eigenvalue weighted by atomic mass is 16.2. The SMILES string of the molecule is O=C(NCc1cn2c(n1)C(=O)N(CC1CC1)CC2)c1ccc2ccccc2n1. The van der Waals surface area contributed by atoms with E-state index in [1.165, 1.54) is 12.8 Å². The van der Waals surface area contributed by atoms with Crippen molar-refractivity contribution < 1.29 is 9.59 Å². The molecule has 2 amide bonds. The van der Waals surface area contributed by atoms with Crippen LogP contribution in [0.2, 0.25) is 0 Å². The Morgan fingerprint density at radius 3 is 2.82 bits per heavy atom. The first kappa shape index (κ1) is 16.9. The van der Waals surface area contributed by atoms with Gasteiger partial charge >= 0.3 is 0 Å². The molecule has 2 aromatic heterocycles. The van der Waals surface area contributed by atoms with Crippen molar-refractivity contribution in [1.82, 2.24) is 24.8 Å². The Labute approximate surface area is 162 Å². The number of amides is 2. The predicted molar refractivity (Wildman–Crippen MR) is 104 cm³/mol. The van der Waals surface area contributed by atoms with Crippen LogP contribution in [0.4, 0.5) is 0 Å². The number of nitrogens with zero attached hydrogens (tertiary/aromatic N) is 4. The van der Waals surface area contributed by atoms with Gasteiger partial charge in [-0.1, -0.05) is 24.3 Å². The first-order valence-electron chi connectivity index (χ1n) is 9.67. The fourth-order valence-corrected chi connectivity index (χ4v) is 3.61. The molecule has 0 spiro atoms. The van der Waals surface area contributed by atoms with Gasteiger partial charge in [0.1, 0.15) is 5.69 Å². The van der Waals surface area contributed by atoms with E-state index < -0.39 is 0 Å². The zero-order valence-corrected chi connectivity index (χ0v) is 15.5. The summed E-state index contributed by atoms with van der Waals surface area (Å²) in [6.07, 6.45) is 4.30. The lowest BCUT2D eigenvalue weighted by molar-refractivity contribution is 0.0688. The highest BCUT2D eigenvalue weighted by Crippen LogP contribution is 2.30. The van der Waals surface area contributed by atoms with Gasteiger partial charge in [-0.3, -0.25) is 9.59 Å². The molecule has 2 aliphatic rings. The van der Waals surface area contributed by atoms with E-state index in [4.69, 9.17) is 0 Å². The van der Waals surface area contributed by atoms with Crippen LogP contribution in [0, 0.1) is 5.92 Å². The lowest BCUT2D eigenvalue weighted by Gasteiger charge is -2.27. The molecular formula is C21H21N5O2. The van der Waals surface area contributed by atoms with Gasteiger partial charge in [0.05, 0.1) is 17.8 Å². The molecular weight excluding hydrogens is 354 g/mol. The number of benzene rings is 1. The van der Waals surface area contributed by atoms with Crippen molar-refractivity contribution >= 4 is 22.7 Å². The van der Waals surface area contributed by atoms with E-state index >= 15 is 0 Å². The lowest BCUT2D eigenvalue weighted by atomic mass is 10.2. The van der Waals surface area contributed by atoms with Crippen LogP contribution < -0.4 is 5.32 Å². The highest BCUT2D eigenvalue weighted by molar-refractivity contribution is 5.95. The number of nitrogens with one attached hydrogen (secondary N) is 1. The van der Waals surface area contributed by atoms with Crippen molar-refractivity contribution in [3.63, 3.8) is 0 Å². The Hall–Kier alpha value is -3.22. The van der Waals surface area contributed by atoms with E-state index in [-0.39, 0.29) is 18.4 Å². The van der Waals surface area contributed by atoms with E-state index in [0.29, 0.717) is 23.1 Å². The minimum absolute atomic E-state index is 0.00748. The molecule has 1 fully saturated rings. The first-order valence-corrected chi connectivity index (χ1v) is 9.67. The minimum Gasteiger partial charge on any atom is -0.345 e. The quantitative estimate of drug-likeness (QED) is 0.742. The molecule has 5 rings (SSSR count). The maximum atomic E-state index is 12.6. The number of rotatable bonds is 5. The van der Waals surface area contributed by atoms with Gasteiger partial charge in [0, 0.05) is 31.2 Å². The number of fused-ring (bicyclic) bond motifs is 2. The van der Waals surface area contributed by atoms with Crippen LogP contribution in [0.25, 0.3) is 10.9 Å². The van der Waals surface area contributed by atoms with Crippen molar-refractivity contribution in [2.75, 3.05) is 13.1 Å². The van der Waals surface area contributed by atoms with Crippen LogP contribution in [-0.2, 0) is 13.1 Å². The molecule has 0 radical (unpaired) electrons. The van der Waals surface area contributed by atoms with Crippen molar-refractivity contribution in [2.45, 2.75) is 25.9 Å². The Balaban J connectivity index is 1.26. The molecule has 0 bridgehead atoms. The molecule has 1 N–H and O–H groups in total. The van der Waals surface area contributed by atoms with Crippen molar-refractivity contribution in [3.8, 4) is 0 Å². The van der Waals surface area contributed by atoms with E-state index in [0.717, 1.165) is 30.5 Å². The zero-order chi connectivity index (χ0) is 19.1. The molecule has 1 saturated carbocycles. The van der Waals surface area contributed by atoms with E-state index in [1.54, 1.807) is 6.07 Å². The van der Waals surface area contributed by atoms with Gasteiger partial charge in [-0.05, 0) is 30.9 Å². The number of aromatic nitrogens is 3. The van der Waals surface area contributed by atoms with Crippen LogP contribution in [0.5, 0.6) is 0 Å². The second kappa shape index (κ2) is 6.74. The van der Waals surface area contributed by atoms with Crippen molar-refractivity contribution in [3.05, 3.63) is 59.8 Å². The fraction of sp³-hybridized carbons (Fsp3) is 0.333. The molecule has 0 atom stereocenters. The second-order valence-electron chi connectivity index (χ2n) is 7.52.